The van der Waals surface area contributed by atoms with Crippen molar-refractivity contribution < 1.29 is 9.90 Å². The molecule has 0 fully saturated rings. The molecule has 1 aromatic heterocycles. The lowest BCUT2D eigenvalue weighted by atomic mass is 10.1. The second-order valence-electron chi connectivity index (χ2n) is 3.34. The number of hydrogen-bond acceptors (Lipinski definition) is 4. The van der Waals surface area contributed by atoms with E-state index in [1.54, 1.807) is 24.1 Å². The third kappa shape index (κ3) is 4.07. The van der Waals surface area contributed by atoms with Crippen LogP contribution in [0.1, 0.15) is 19.3 Å². The van der Waals surface area contributed by atoms with E-state index in [4.69, 9.17) is 5.11 Å². The summed E-state index contributed by atoms with van der Waals surface area (Å²) in [5, 5.41) is 19.0. The van der Waals surface area contributed by atoms with Gasteiger partial charge in [-0.2, -0.15) is 0 Å². The Kier molecular flexibility index (Phi) is 4.76. The van der Waals surface area contributed by atoms with Crippen LogP contribution < -0.4 is 5.32 Å². The number of aromatic nitrogens is 3. The van der Waals surface area contributed by atoms with Crippen molar-refractivity contribution in [2.75, 3.05) is 7.05 Å². The van der Waals surface area contributed by atoms with Crippen LogP contribution in [0, 0.1) is 0 Å². The second-order valence-corrected chi connectivity index (χ2v) is 3.34. The molecule has 1 rings (SSSR count). The Bertz CT molecular complexity index is 286. The summed E-state index contributed by atoms with van der Waals surface area (Å²) in [5.74, 6) is -0.793. The minimum atomic E-state index is -0.793. The number of aryl methyl sites for hydroxylation is 1. The maximum Gasteiger partial charge on any atom is 0.320 e. The van der Waals surface area contributed by atoms with E-state index in [1.165, 1.54) is 0 Å². The molecule has 0 aliphatic heterocycles. The maximum atomic E-state index is 10.7. The van der Waals surface area contributed by atoms with E-state index < -0.39 is 12.0 Å². The summed E-state index contributed by atoms with van der Waals surface area (Å²) in [6.07, 6.45) is 5.84. The summed E-state index contributed by atoms with van der Waals surface area (Å²) in [6, 6.07) is -0.444. The van der Waals surface area contributed by atoms with Crippen LogP contribution in [0.25, 0.3) is 0 Å². The second kappa shape index (κ2) is 6.13. The summed E-state index contributed by atoms with van der Waals surface area (Å²) >= 11 is 0. The number of carboxylic acids is 1. The fraction of sp³-hybridized carbons (Fsp3) is 0.667. The predicted molar refractivity (Wildman–Crippen MR) is 54.4 cm³/mol. The van der Waals surface area contributed by atoms with E-state index in [1.807, 2.05) is 0 Å². The Morgan fingerprint density at radius 3 is 2.93 bits per heavy atom. The van der Waals surface area contributed by atoms with E-state index in [-0.39, 0.29) is 0 Å². The molecule has 6 nitrogen and oxygen atoms in total. The number of unbranched alkanes of at least 4 members (excludes halogenated alkanes) is 1. The number of carbonyl (C=O) groups is 1. The minimum absolute atomic E-state index is 0.444. The molecule has 0 saturated heterocycles. The average Bonchev–Trinajstić information content (AvgIpc) is 2.70. The molecule has 0 aliphatic rings. The molecule has 1 atom stereocenters. The van der Waals surface area contributed by atoms with Crippen LogP contribution in [-0.2, 0) is 11.3 Å². The fourth-order valence-electron chi connectivity index (χ4n) is 1.37. The van der Waals surface area contributed by atoms with E-state index in [2.05, 4.69) is 15.6 Å². The molecular weight excluding hydrogens is 196 g/mol. The van der Waals surface area contributed by atoms with Crippen molar-refractivity contribution in [3.8, 4) is 0 Å². The highest BCUT2D eigenvalue weighted by Crippen LogP contribution is 2.02. The van der Waals surface area contributed by atoms with E-state index in [9.17, 15) is 4.79 Å². The van der Waals surface area contributed by atoms with Gasteiger partial charge >= 0.3 is 5.97 Å². The Hall–Kier alpha value is -1.43. The van der Waals surface area contributed by atoms with Gasteiger partial charge in [-0.1, -0.05) is 5.21 Å². The van der Waals surface area contributed by atoms with Crippen LogP contribution in [0.15, 0.2) is 12.4 Å². The van der Waals surface area contributed by atoms with Crippen molar-refractivity contribution in [1.82, 2.24) is 20.3 Å². The highest BCUT2D eigenvalue weighted by molar-refractivity contribution is 5.73. The molecule has 0 bridgehead atoms. The Morgan fingerprint density at radius 2 is 2.40 bits per heavy atom. The van der Waals surface area contributed by atoms with Gasteiger partial charge in [-0.05, 0) is 26.3 Å². The van der Waals surface area contributed by atoms with Crippen molar-refractivity contribution in [3.63, 3.8) is 0 Å². The third-order valence-corrected chi connectivity index (χ3v) is 2.25. The van der Waals surface area contributed by atoms with Crippen LogP contribution in [0.5, 0.6) is 0 Å². The summed E-state index contributed by atoms with van der Waals surface area (Å²) in [4.78, 5) is 10.7. The average molecular weight is 212 g/mol. The summed E-state index contributed by atoms with van der Waals surface area (Å²) in [6.45, 7) is 0.788. The minimum Gasteiger partial charge on any atom is -0.480 e. The molecule has 1 unspecified atom stereocenters. The highest BCUT2D eigenvalue weighted by Gasteiger charge is 2.13. The Labute approximate surface area is 88.3 Å². The molecule has 0 radical (unpaired) electrons. The molecule has 1 heterocycles. The standard InChI is InChI=1S/C9H16N4O2/c1-10-8(9(14)15)4-2-3-6-13-7-5-11-12-13/h5,7-8,10H,2-4,6H2,1H3,(H,14,15). The van der Waals surface area contributed by atoms with Gasteiger partial charge < -0.3 is 10.4 Å². The molecule has 0 saturated carbocycles. The van der Waals surface area contributed by atoms with Crippen molar-refractivity contribution in [2.24, 2.45) is 0 Å². The van der Waals surface area contributed by atoms with Crippen molar-refractivity contribution in [2.45, 2.75) is 31.8 Å². The zero-order valence-corrected chi connectivity index (χ0v) is 8.76. The molecule has 0 aliphatic carbocycles. The van der Waals surface area contributed by atoms with Crippen LogP contribution in [-0.4, -0.2) is 39.2 Å². The lowest BCUT2D eigenvalue weighted by Gasteiger charge is -2.10. The number of aliphatic carboxylic acids is 1. The van der Waals surface area contributed by atoms with Crippen LogP contribution in [0.4, 0.5) is 0 Å². The first-order valence-electron chi connectivity index (χ1n) is 4.98. The number of hydrogen-bond donors (Lipinski definition) is 2. The number of carboxylic acid groups (broad SMARTS) is 1. The Balaban J connectivity index is 2.13. The monoisotopic (exact) mass is 212 g/mol. The first kappa shape index (κ1) is 11.6. The molecule has 1 aromatic rings. The van der Waals surface area contributed by atoms with Gasteiger partial charge in [0.15, 0.2) is 0 Å². The number of nitrogens with zero attached hydrogens (tertiary/aromatic N) is 3. The largest absolute Gasteiger partial charge is 0.480 e. The maximum absolute atomic E-state index is 10.7. The molecule has 6 heteroatoms. The molecule has 0 amide bonds. The number of nitrogens with one attached hydrogen (secondary N) is 1. The SMILES string of the molecule is CNC(CCCCn1ccnn1)C(=O)O. The fourth-order valence-corrected chi connectivity index (χ4v) is 1.37. The van der Waals surface area contributed by atoms with Crippen LogP contribution >= 0.6 is 0 Å². The lowest BCUT2D eigenvalue weighted by molar-refractivity contribution is -0.139. The summed E-state index contributed by atoms with van der Waals surface area (Å²) < 4.78 is 1.75. The molecule has 15 heavy (non-hydrogen) atoms. The zero-order chi connectivity index (χ0) is 11.1. The molecule has 2 N–H and O–H groups in total. The number of likely N-dealkylation sites (N-methyl/N-ethyl adjacent to an activating group) is 1. The van der Waals surface area contributed by atoms with Gasteiger partial charge in [-0.25, -0.2) is 0 Å². The first-order valence-corrected chi connectivity index (χ1v) is 4.98. The quantitative estimate of drug-likeness (QED) is 0.627. The van der Waals surface area contributed by atoms with E-state index >= 15 is 0 Å². The van der Waals surface area contributed by atoms with Gasteiger partial charge in [-0.3, -0.25) is 9.48 Å². The highest BCUT2D eigenvalue weighted by atomic mass is 16.4. The van der Waals surface area contributed by atoms with Crippen molar-refractivity contribution in [1.29, 1.82) is 0 Å². The third-order valence-electron chi connectivity index (χ3n) is 2.25. The number of rotatable bonds is 7. The van der Waals surface area contributed by atoms with Gasteiger partial charge in [0, 0.05) is 12.7 Å². The van der Waals surface area contributed by atoms with Gasteiger partial charge in [0.25, 0.3) is 0 Å². The first-order chi connectivity index (χ1) is 7.24. The van der Waals surface area contributed by atoms with Gasteiger partial charge in [0.05, 0.1) is 6.20 Å². The van der Waals surface area contributed by atoms with Gasteiger partial charge in [-0.15, -0.1) is 5.10 Å². The topological polar surface area (TPSA) is 80.0 Å². The smallest absolute Gasteiger partial charge is 0.320 e. The van der Waals surface area contributed by atoms with Crippen molar-refractivity contribution >= 4 is 5.97 Å². The van der Waals surface area contributed by atoms with Crippen LogP contribution in [0.3, 0.4) is 0 Å². The molecule has 0 aromatic carbocycles. The Morgan fingerprint density at radius 1 is 1.60 bits per heavy atom. The molecule has 0 spiro atoms. The lowest BCUT2D eigenvalue weighted by Crippen LogP contribution is -2.33. The summed E-state index contributed by atoms with van der Waals surface area (Å²) in [7, 11) is 1.66. The van der Waals surface area contributed by atoms with Gasteiger partial charge in [0.2, 0.25) is 0 Å². The van der Waals surface area contributed by atoms with E-state index in [0.717, 1.165) is 19.4 Å². The van der Waals surface area contributed by atoms with Gasteiger partial charge in [0.1, 0.15) is 6.04 Å². The summed E-state index contributed by atoms with van der Waals surface area (Å²) in [5.41, 5.74) is 0. The zero-order valence-electron chi connectivity index (χ0n) is 8.76. The van der Waals surface area contributed by atoms with Crippen LogP contribution in [0.2, 0.25) is 0 Å². The molecular formula is C9H16N4O2. The normalized spacial score (nSPS) is 12.6. The van der Waals surface area contributed by atoms with E-state index in [0.29, 0.717) is 6.42 Å². The predicted octanol–water partition coefficient (Wildman–Crippen LogP) is 0.121. The molecule has 84 valence electrons. The van der Waals surface area contributed by atoms with Crippen molar-refractivity contribution in [3.05, 3.63) is 12.4 Å².